The smallest absolute Gasteiger partial charge is 0.235 e. The first-order valence-corrected chi connectivity index (χ1v) is 5.20. The first-order valence-electron chi connectivity index (χ1n) is 5.20. The molecule has 0 bridgehead atoms. The first-order chi connectivity index (χ1) is 6.47. The quantitative estimate of drug-likeness (QED) is 0.378. The van der Waals surface area contributed by atoms with Crippen molar-refractivity contribution in [3.63, 3.8) is 0 Å². The van der Waals surface area contributed by atoms with Crippen LogP contribution in [0.3, 0.4) is 0 Å². The number of hydrogen-bond donors (Lipinski definition) is 2. The fraction of sp³-hybridized carbons (Fsp3) is 0.900. The van der Waals surface area contributed by atoms with Gasteiger partial charge in [-0.3, -0.25) is 10.2 Å². The van der Waals surface area contributed by atoms with Gasteiger partial charge in [0.25, 0.3) is 0 Å². The molecule has 0 heterocycles. The Kier molecular flexibility index (Phi) is 6.49. The average Bonchev–Trinajstić information content (AvgIpc) is 2.10. The van der Waals surface area contributed by atoms with E-state index < -0.39 is 0 Å². The summed E-state index contributed by atoms with van der Waals surface area (Å²) in [5.41, 5.74) is 2.15. The van der Waals surface area contributed by atoms with Crippen LogP contribution in [0.25, 0.3) is 0 Å². The Morgan fingerprint density at radius 1 is 1.36 bits per heavy atom. The van der Waals surface area contributed by atoms with Crippen LogP contribution in [0.5, 0.6) is 0 Å². The summed E-state index contributed by atoms with van der Waals surface area (Å²) in [6.07, 6.45) is 0.474. The highest BCUT2D eigenvalue weighted by Gasteiger charge is 2.12. The fourth-order valence-corrected chi connectivity index (χ4v) is 1.35. The Labute approximate surface area is 86.8 Å². The zero-order chi connectivity index (χ0) is 11.1. The van der Waals surface area contributed by atoms with Crippen LogP contribution in [0.1, 0.15) is 34.1 Å². The maximum absolute atomic E-state index is 11.0. The molecule has 0 aromatic rings. The van der Waals surface area contributed by atoms with Crippen molar-refractivity contribution in [3.8, 4) is 0 Å². The van der Waals surface area contributed by atoms with Crippen molar-refractivity contribution in [1.82, 2.24) is 10.3 Å². The van der Waals surface area contributed by atoms with Crippen LogP contribution in [0.15, 0.2) is 0 Å². The summed E-state index contributed by atoms with van der Waals surface area (Å²) in [5.74, 6) is 5.54. The SMILES string of the molecule is CC(C)CN(CCC(=O)NN)C(C)C. The number of hydrazine groups is 1. The maximum Gasteiger partial charge on any atom is 0.235 e. The van der Waals surface area contributed by atoms with E-state index in [2.05, 4.69) is 38.0 Å². The first kappa shape index (κ1) is 13.4. The number of amides is 1. The third kappa shape index (κ3) is 5.94. The van der Waals surface area contributed by atoms with E-state index in [-0.39, 0.29) is 5.91 Å². The van der Waals surface area contributed by atoms with E-state index in [0.717, 1.165) is 13.1 Å². The van der Waals surface area contributed by atoms with Crippen LogP contribution in [-0.4, -0.2) is 29.9 Å². The Morgan fingerprint density at radius 2 is 1.93 bits per heavy atom. The van der Waals surface area contributed by atoms with Crippen molar-refractivity contribution in [2.24, 2.45) is 11.8 Å². The van der Waals surface area contributed by atoms with Crippen LogP contribution in [-0.2, 0) is 4.79 Å². The summed E-state index contributed by atoms with van der Waals surface area (Å²) in [7, 11) is 0. The van der Waals surface area contributed by atoms with Crippen LogP contribution >= 0.6 is 0 Å². The van der Waals surface area contributed by atoms with Crippen LogP contribution in [0, 0.1) is 5.92 Å². The van der Waals surface area contributed by atoms with Crippen LogP contribution in [0.2, 0.25) is 0 Å². The fourth-order valence-electron chi connectivity index (χ4n) is 1.35. The van der Waals surface area contributed by atoms with Crippen molar-refractivity contribution in [2.75, 3.05) is 13.1 Å². The third-order valence-electron chi connectivity index (χ3n) is 2.12. The lowest BCUT2D eigenvalue weighted by atomic mass is 10.1. The standard InChI is InChI=1S/C10H23N3O/c1-8(2)7-13(9(3)4)6-5-10(14)12-11/h8-9H,5-7,11H2,1-4H3,(H,12,14). The molecule has 0 aliphatic rings. The summed E-state index contributed by atoms with van der Waals surface area (Å²) >= 11 is 0. The average molecular weight is 201 g/mol. The molecule has 0 rings (SSSR count). The van der Waals surface area contributed by atoms with Gasteiger partial charge in [-0.25, -0.2) is 5.84 Å². The van der Waals surface area contributed by atoms with Gasteiger partial charge in [-0.05, 0) is 19.8 Å². The summed E-state index contributed by atoms with van der Waals surface area (Å²) < 4.78 is 0. The second-order valence-corrected chi connectivity index (χ2v) is 4.30. The molecule has 4 heteroatoms. The third-order valence-corrected chi connectivity index (χ3v) is 2.12. The normalized spacial score (nSPS) is 11.4. The minimum atomic E-state index is -0.0978. The number of rotatable bonds is 6. The second-order valence-electron chi connectivity index (χ2n) is 4.30. The number of hydrogen-bond acceptors (Lipinski definition) is 3. The molecule has 1 amide bonds. The van der Waals surface area contributed by atoms with E-state index in [9.17, 15) is 4.79 Å². The molecule has 0 aromatic heterocycles. The number of nitrogens with zero attached hydrogens (tertiary/aromatic N) is 1. The zero-order valence-electron chi connectivity index (χ0n) is 9.71. The molecule has 0 unspecified atom stereocenters. The van der Waals surface area contributed by atoms with E-state index in [1.54, 1.807) is 0 Å². The highest BCUT2D eigenvalue weighted by atomic mass is 16.2. The lowest BCUT2D eigenvalue weighted by Gasteiger charge is -2.27. The van der Waals surface area contributed by atoms with Crippen molar-refractivity contribution in [2.45, 2.75) is 40.2 Å². The largest absolute Gasteiger partial charge is 0.300 e. The minimum absolute atomic E-state index is 0.0978. The Balaban J connectivity index is 3.91. The second kappa shape index (κ2) is 6.79. The molecule has 0 spiro atoms. The Morgan fingerprint density at radius 3 is 2.29 bits per heavy atom. The number of nitrogens with one attached hydrogen (secondary N) is 1. The van der Waals surface area contributed by atoms with Crippen LogP contribution < -0.4 is 11.3 Å². The molecule has 14 heavy (non-hydrogen) atoms. The summed E-state index contributed by atoms with van der Waals surface area (Å²) in [4.78, 5) is 13.3. The predicted octanol–water partition coefficient (Wildman–Crippen LogP) is 0.733. The van der Waals surface area contributed by atoms with Crippen molar-refractivity contribution < 1.29 is 4.79 Å². The van der Waals surface area contributed by atoms with Crippen molar-refractivity contribution in [1.29, 1.82) is 0 Å². The summed E-state index contributed by atoms with van der Waals surface area (Å²) in [6, 6.07) is 0.475. The van der Waals surface area contributed by atoms with E-state index in [1.165, 1.54) is 0 Å². The number of carbonyl (C=O) groups excluding carboxylic acids is 1. The molecular formula is C10H23N3O. The molecule has 84 valence electrons. The molecular weight excluding hydrogens is 178 g/mol. The molecule has 0 aliphatic carbocycles. The molecule has 0 atom stereocenters. The van der Waals surface area contributed by atoms with Crippen molar-refractivity contribution in [3.05, 3.63) is 0 Å². The molecule has 0 fully saturated rings. The lowest BCUT2D eigenvalue weighted by Crippen LogP contribution is -2.38. The van der Waals surface area contributed by atoms with Gasteiger partial charge in [0, 0.05) is 25.6 Å². The van der Waals surface area contributed by atoms with Crippen molar-refractivity contribution >= 4 is 5.91 Å². The molecule has 0 saturated heterocycles. The Hall–Kier alpha value is -0.610. The van der Waals surface area contributed by atoms with E-state index in [1.807, 2.05) is 0 Å². The maximum atomic E-state index is 11.0. The zero-order valence-corrected chi connectivity index (χ0v) is 9.71. The number of carbonyl (C=O) groups is 1. The van der Waals surface area contributed by atoms with Gasteiger partial charge >= 0.3 is 0 Å². The molecule has 0 aliphatic heterocycles. The lowest BCUT2D eigenvalue weighted by molar-refractivity contribution is -0.121. The van der Waals surface area contributed by atoms with E-state index in [0.29, 0.717) is 18.4 Å². The Bertz CT molecular complexity index is 169. The van der Waals surface area contributed by atoms with E-state index >= 15 is 0 Å². The molecule has 4 nitrogen and oxygen atoms in total. The predicted molar refractivity (Wildman–Crippen MR) is 58.5 cm³/mol. The van der Waals surface area contributed by atoms with Gasteiger partial charge in [-0.2, -0.15) is 0 Å². The van der Waals surface area contributed by atoms with Gasteiger partial charge in [0.2, 0.25) is 5.91 Å². The van der Waals surface area contributed by atoms with Gasteiger partial charge in [-0.1, -0.05) is 13.8 Å². The monoisotopic (exact) mass is 201 g/mol. The van der Waals surface area contributed by atoms with Gasteiger partial charge in [0.05, 0.1) is 0 Å². The van der Waals surface area contributed by atoms with Gasteiger partial charge in [0.15, 0.2) is 0 Å². The molecule has 3 N–H and O–H groups in total. The van der Waals surface area contributed by atoms with E-state index in [4.69, 9.17) is 5.84 Å². The van der Waals surface area contributed by atoms with Gasteiger partial charge in [0.1, 0.15) is 0 Å². The van der Waals surface area contributed by atoms with Gasteiger partial charge in [-0.15, -0.1) is 0 Å². The highest BCUT2D eigenvalue weighted by molar-refractivity contribution is 5.75. The molecule has 0 saturated carbocycles. The van der Waals surface area contributed by atoms with Gasteiger partial charge < -0.3 is 4.90 Å². The number of nitrogens with two attached hydrogens (primary N) is 1. The topological polar surface area (TPSA) is 58.4 Å². The summed E-state index contributed by atoms with van der Waals surface area (Å²) in [6.45, 7) is 10.4. The highest BCUT2D eigenvalue weighted by Crippen LogP contribution is 2.04. The molecule has 0 radical (unpaired) electrons. The molecule has 0 aromatic carbocycles. The minimum Gasteiger partial charge on any atom is -0.300 e. The summed E-state index contributed by atoms with van der Waals surface area (Å²) in [5, 5.41) is 0. The van der Waals surface area contributed by atoms with Crippen LogP contribution in [0.4, 0.5) is 0 Å².